The van der Waals surface area contributed by atoms with Crippen LogP contribution in [0.25, 0.3) is 0 Å². The summed E-state index contributed by atoms with van der Waals surface area (Å²) >= 11 is 1.98. The summed E-state index contributed by atoms with van der Waals surface area (Å²) in [6.45, 7) is 0. The number of rotatable bonds is 1. The van der Waals surface area contributed by atoms with Gasteiger partial charge in [0.1, 0.15) is 0 Å². The van der Waals surface area contributed by atoms with E-state index in [9.17, 15) is 9.90 Å². The van der Waals surface area contributed by atoms with Gasteiger partial charge in [-0.1, -0.05) is 12.8 Å². The van der Waals surface area contributed by atoms with Crippen molar-refractivity contribution in [3.8, 4) is 0 Å². The zero-order valence-corrected chi connectivity index (χ0v) is 9.31. The largest absolute Gasteiger partial charge is 0.481 e. The second-order valence-electron chi connectivity index (χ2n) is 4.61. The van der Waals surface area contributed by atoms with Gasteiger partial charge in [-0.05, 0) is 42.6 Å². The second kappa shape index (κ2) is 4.13. The van der Waals surface area contributed by atoms with E-state index in [2.05, 4.69) is 0 Å². The minimum absolute atomic E-state index is 0.0443. The molecule has 1 atom stereocenters. The Kier molecular flexibility index (Phi) is 3.05. The summed E-state index contributed by atoms with van der Waals surface area (Å²) in [7, 11) is 0. The van der Waals surface area contributed by atoms with Gasteiger partial charge in [0.05, 0.1) is 5.92 Å². The van der Waals surface area contributed by atoms with Crippen molar-refractivity contribution in [1.82, 2.24) is 0 Å². The van der Waals surface area contributed by atoms with E-state index in [1.807, 2.05) is 11.8 Å². The average molecular weight is 214 g/mol. The molecule has 1 spiro atoms. The number of carboxylic acids is 1. The van der Waals surface area contributed by atoms with Crippen LogP contribution in [-0.4, -0.2) is 22.6 Å². The quantitative estimate of drug-likeness (QED) is 0.729. The molecule has 1 saturated carbocycles. The van der Waals surface area contributed by atoms with Crippen LogP contribution in [0.1, 0.15) is 38.5 Å². The van der Waals surface area contributed by atoms with Gasteiger partial charge in [-0.3, -0.25) is 4.79 Å². The maximum Gasteiger partial charge on any atom is 0.307 e. The van der Waals surface area contributed by atoms with Crippen LogP contribution in [0.15, 0.2) is 0 Å². The van der Waals surface area contributed by atoms with Gasteiger partial charge in [0.15, 0.2) is 0 Å². The SMILES string of the molecule is O=C(O)C1CCCCC12CCSCC2. The first-order valence-electron chi connectivity index (χ1n) is 5.55. The molecular formula is C11H18O2S. The molecule has 80 valence electrons. The predicted molar refractivity (Wildman–Crippen MR) is 58.6 cm³/mol. The summed E-state index contributed by atoms with van der Waals surface area (Å²) in [6.07, 6.45) is 6.70. The van der Waals surface area contributed by atoms with Crippen LogP contribution in [-0.2, 0) is 4.79 Å². The van der Waals surface area contributed by atoms with Crippen LogP contribution in [0.2, 0.25) is 0 Å². The molecule has 14 heavy (non-hydrogen) atoms. The molecule has 0 bridgehead atoms. The Morgan fingerprint density at radius 3 is 2.57 bits per heavy atom. The molecule has 0 radical (unpaired) electrons. The van der Waals surface area contributed by atoms with Gasteiger partial charge >= 0.3 is 5.97 Å². The Balaban J connectivity index is 2.14. The van der Waals surface area contributed by atoms with E-state index in [1.54, 1.807) is 0 Å². The minimum atomic E-state index is -0.545. The normalized spacial score (nSPS) is 31.6. The standard InChI is InChI=1S/C11H18O2S/c12-10(13)9-3-1-2-4-11(9)5-7-14-8-6-11/h9H,1-8H2,(H,12,13). The van der Waals surface area contributed by atoms with Crippen molar-refractivity contribution in [2.75, 3.05) is 11.5 Å². The topological polar surface area (TPSA) is 37.3 Å². The molecule has 0 aromatic heterocycles. The highest BCUT2D eigenvalue weighted by Crippen LogP contribution is 2.50. The number of carbonyl (C=O) groups is 1. The Morgan fingerprint density at radius 2 is 1.93 bits per heavy atom. The monoisotopic (exact) mass is 214 g/mol. The van der Waals surface area contributed by atoms with Crippen LogP contribution in [0.4, 0.5) is 0 Å². The fourth-order valence-corrected chi connectivity index (χ4v) is 4.37. The van der Waals surface area contributed by atoms with Gasteiger partial charge in [0, 0.05) is 0 Å². The van der Waals surface area contributed by atoms with Crippen molar-refractivity contribution in [3.63, 3.8) is 0 Å². The number of thioether (sulfide) groups is 1. The van der Waals surface area contributed by atoms with Crippen molar-refractivity contribution in [2.45, 2.75) is 38.5 Å². The fraction of sp³-hybridized carbons (Fsp3) is 0.909. The molecule has 2 fully saturated rings. The van der Waals surface area contributed by atoms with Crippen LogP contribution in [0.5, 0.6) is 0 Å². The van der Waals surface area contributed by atoms with Gasteiger partial charge in [0.25, 0.3) is 0 Å². The van der Waals surface area contributed by atoms with E-state index >= 15 is 0 Å². The van der Waals surface area contributed by atoms with Crippen molar-refractivity contribution in [1.29, 1.82) is 0 Å². The lowest BCUT2D eigenvalue weighted by Crippen LogP contribution is -2.41. The zero-order valence-electron chi connectivity index (χ0n) is 8.50. The minimum Gasteiger partial charge on any atom is -0.481 e. The molecule has 0 aromatic carbocycles. The van der Waals surface area contributed by atoms with Crippen LogP contribution in [0.3, 0.4) is 0 Å². The van der Waals surface area contributed by atoms with Crippen LogP contribution in [0, 0.1) is 11.3 Å². The third-order valence-electron chi connectivity index (χ3n) is 3.94. The maximum absolute atomic E-state index is 11.2. The molecule has 1 unspecified atom stereocenters. The number of hydrogen-bond donors (Lipinski definition) is 1. The molecule has 1 saturated heterocycles. The second-order valence-corrected chi connectivity index (χ2v) is 5.84. The van der Waals surface area contributed by atoms with Crippen molar-refractivity contribution in [2.24, 2.45) is 11.3 Å². The van der Waals surface area contributed by atoms with Gasteiger partial charge in [-0.2, -0.15) is 11.8 Å². The zero-order chi connectivity index (χ0) is 10.0. The van der Waals surface area contributed by atoms with Crippen molar-refractivity contribution >= 4 is 17.7 Å². The highest BCUT2D eigenvalue weighted by atomic mass is 32.2. The first-order valence-corrected chi connectivity index (χ1v) is 6.71. The number of hydrogen-bond acceptors (Lipinski definition) is 2. The molecule has 0 aromatic rings. The fourth-order valence-electron chi connectivity index (χ4n) is 3.07. The molecule has 1 N–H and O–H groups in total. The summed E-state index contributed by atoms with van der Waals surface area (Å²) in [4.78, 5) is 11.2. The van der Waals surface area contributed by atoms with Gasteiger partial charge < -0.3 is 5.11 Å². The van der Waals surface area contributed by atoms with Crippen LogP contribution >= 0.6 is 11.8 Å². The number of carboxylic acid groups (broad SMARTS) is 1. The summed E-state index contributed by atoms with van der Waals surface area (Å²) in [5.41, 5.74) is 0.176. The predicted octanol–water partition coefficient (Wildman–Crippen LogP) is 2.77. The summed E-state index contributed by atoms with van der Waals surface area (Å²) in [6, 6.07) is 0. The van der Waals surface area contributed by atoms with Gasteiger partial charge in [0.2, 0.25) is 0 Å². The lowest BCUT2D eigenvalue weighted by Gasteiger charge is -2.44. The lowest BCUT2D eigenvalue weighted by atomic mass is 9.63. The smallest absolute Gasteiger partial charge is 0.307 e. The summed E-state index contributed by atoms with van der Waals surface area (Å²) in [5.74, 6) is 1.75. The van der Waals surface area contributed by atoms with Crippen molar-refractivity contribution in [3.05, 3.63) is 0 Å². The lowest BCUT2D eigenvalue weighted by molar-refractivity contribution is -0.149. The first kappa shape index (κ1) is 10.3. The molecule has 0 amide bonds. The number of aliphatic carboxylic acids is 1. The highest BCUT2D eigenvalue weighted by Gasteiger charge is 2.44. The van der Waals surface area contributed by atoms with Gasteiger partial charge in [-0.25, -0.2) is 0 Å². The van der Waals surface area contributed by atoms with Crippen molar-refractivity contribution < 1.29 is 9.90 Å². The van der Waals surface area contributed by atoms with Gasteiger partial charge in [-0.15, -0.1) is 0 Å². The molecule has 1 aliphatic carbocycles. The van der Waals surface area contributed by atoms with E-state index in [-0.39, 0.29) is 11.3 Å². The van der Waals surface area contributed by atoms with E-state index < -0.39 is 5.97 Å². The molecule has 2 nitrogen and oxygen atoms in total. The summed E-state index contributed by atoms with van der Waals surface area (Å²) < 4.78 is 0. The maximum atomic E-state index is 11.2. The van der Waals surface area contributed by atoms with E-state index in [0.29, 0.717) is 0 Å². The molecule has 3 heteroatoms. The molecule has 1 aliphatic heterocycles. The van der Waals surface area contributed by atoms with Crippen LogP contribution < -0.4 is 0 Å². The Bertz CT molecular complexity index is 213. The average Bonchev–Trinajstić information content (AvgIpc) is 2.19. The highest BCUT2D eigenvalue weighted by molar-refractivity contribution is 7.99. The Morgan fingerprint density at radius 1 is 1.21 bits per heavy atom. The Hall–Kier alpha value is -0.180. The molecule has 1 heterocycles. The Labute approximate surface area is 89.5 Å². The van der Waals surface area contributed by atoms with E-state index in [4.69, 9.17) is 0 Å². The van der Waals surface area contributed by atoms with E-state index in [0.717, 1.165) is 32.1 Å². The molecule has 2 aliphatic rings. The summed E-state index contributed by atoms with van der Waals surface area (Å²) in [5, 5.41) is 9.25. The molecular weight excluding hydrogens is 196 g/mol. The molecule has 2 rings (SSSR count). The van der Waals surface area contributed by atoms with E-state index in [1.165, 1.54) is 17.9 Å². The third-order valence-corrected chi connectivity index (χ3v) is 4.93. The first-order chi connectivity index (χ1) is 6.75. The third kappa shape index (κ3) is 1.79.